The molecule has 1 saturated heterocycles. The summed E-state index contributed by atoms with van der Waals surface area (Å²) in [6.45, 7) is 1.24. The van der Waals surface area contributed by atoms with Crippen molar-refractivity contribution in [3.63, 3.8) is 0 Å². The zero-order valence-electron chi connectivity index (χ0n) is 10.3. The van der Waals surface area contributed by atoms with Crippen LogP contribution in [0, 0.1) is 5.92 Å². The molecule has 2 rings (SSSR count). The number of phenolic OH excluding ortho intramolecular Hbond substituents is 1. The summed E-state index contributed by atoms with van der Waals surface area (Å²) in [4.78, 5) is 13.9. The van der Waals surface area contributed by atoms with Gasteiger partial charge in [-0.25, -0.2) is 0 Å². The number of hydrogen-bond donors (Lipinski definition) is 2. The third kappa shape index (κ3) is 2.41. The highest BCUT2D eigenvalue weighted by Crippen LogP contribution is 2.26. The number of amides is 1. The number of phenols is 1. The summed E-state index contributed by atoms with van der Waals surface area (Å²) >= 11 is 0. The van der Waals surface area contributed by atoms with Gasteiger partial charge >= 0.3 is 0 Å². The van der Waals surface area contributed by atoms with E-state index in [0.717, 1.165) is 6.42 Å². The van der Waals surface area contributed by atoms with Crippen LogP contribution in [0.5, 0.6) is 11.5 Å². The molecule has 98 valence electrons. The molecule has 1 heterocycles. The Bertz CT molecular complexity index is 447. The number of ether oxygens (including phenoxy) is 1. The number of nitrogens with zero attached hydrogens (tertiary/aromatic N) is 1. The molecule has 1 unspecified atom stereocenters. The molecule has 5 heteroatoms. The first-order chi connectivity index (χ1) is 8.65. The standard InChI is InChI=1S/C13H17NO4/c1-18-10-2-3-12(16)11(6-10)13(17)14-5-4-9(7-14)8-15/h2-3,6,9,15-16H,4-5,7-8H2,1H3. The fraction of sp³-hybridized carbons (Fsp3) is 0.462. The van der Waals surface area contributed by atoms with E-state index in [2.05, 4.69) is 0 Å². The molecule has 1 aromatic carbocycles. The van der Waals surface area contributed by atoms with Gasteiger partial charge in [0.15, 0.2) is 0 Å². The monoisotopic (exact) mass is 251 g/mol. The summed E-state index contributed by atoms with van der Waals surface area (Å²) in [5.74, 6) is 0.409. The summed E-state index contributed by atoms with van der Waals surface area (Å²) < 4.78 is 5.04. The normalized spacial score (nSPS) is 19.0. The third-order valence-corrected chi connectivity index (χ3v) is 3.27. The van der Waals surface area contributed by atoms with E-state index in [1.807, 2.05) is 0 Å². The Labute approximate surface area is 106 Å². The van der Waals surface area contributed by atoms with Gasteiger partial charge in [-0.3, -0.25) is 4.79 Å². The molecule has 0 saturated carbocycles. The number of aromatic hydroxyl groups is 1. The quantitative estimate of drug-likeness (QED) is 0.835. The van der Waals surface area contributed by atoms with Crippen molar-refractivity contribution < 1.29 is 19.7 Å². The number of rotatable bonds is 3. The van der Waals surface area contributed by atoms with Gasteiger partial charge in [0, 0.05) is 25.6 Å². The highest BCUT2D eigenvalue weighted by Gasteiger charge is 2.27. The third-order valence-electron chi connectivity index (χ3n) is 3.27. The molecule has 1 aliphatic heterocycles. The maximum atomic E-state index is 12.2. The van der Waals surface area contributed by atoms with Crippen LogP contribution in [0.25, 0.3) is 0 Å². The van der Waals surface area contributed by atoms with Crippen LogP contribution in [0.3, 0.4) is 0 Å². The molecule has 1 fully saturated rings. The van der Waals surface area contributed by atoms with E-state index in [1.165, 1.54) is 19.2 Å². The predicted octanol–water partition coefficient (Wildman–Crippen LogP) is 0.855. The van der Waals surface area contributed by atoms with Gasteiger partial charge in [-0.1, -0.05) is 0 Å². The highest BCUT2D eigenvalue weighted by molar-refractivity contribution is 5.97. The van der Waals surface area contributed by atoms with Crippen molar-refractivity contribution >= 4 is 5.91 Å². The first-order valence-electron chi connectivity index (χ1n) is 5.93. The van der Waals surface area contributed by atoms with Crippen molar-refractivity contribution in [1.29, 1.82) is 0 Å². The highest BCUT2D eigenvalue weighted by atomic mass is 16.5. The topological polar surface area (TPSA) is 70.0 Å². The zero-order chi connectivity index (χ0) is 13.1. The Kier molecular flexibility index (Phi) is 3.72. The van der Waals surface area contributed by atoms with Crippen molar-refractivity contribution in [2.75, 3.05) is 26.8 Å². The second-order valence-electron chi connectivity index (χ2n) is 4.47. The van der Waals surface area contributed by atoms with Crippen LogP contribution in [-0.2, 0) is 0 Å². The van der Waals surface area contributed by atoms with E-state index >= 15 is 0 Å². The smallest absolute Gasteiger partial charge is 0.257 e. The molecule has 0 radical (unpaired) electrons. The summed E-state index contributed by atoms with van der Waals surface area (Å²) in [6, 6.07) is 4.59. The van der Waals surface area contributed by atoms with Crippen LogP contribution in [0.2, 0.25) is 0 Å². The molecular formula is C13H17NO4. The van der Waals surface area contributed by atoms with Crippen LogP contribution < -0.4 is 4.74 Å². The molecule has 0 aliphatic carbocycles. The lowest BCUT2D eigenvalue weighted by Crippen LogP contribution is -2.29. The average Bonchev–Trinajstić information content (AvgIpc) is 2.87. The lowest BCUT2D eigenvalue weighted by molar-refractivity contribution is 0.0778. The van der Waals surface area contributed by atoms with Gasteiger partial charge in [0.25, 0.3) is 5.91 Å². The van der Waals surface area contributed by atoms with E-state index < -0.39 is 0 Å². The first kappa shape index (κ1) is 12.7. The number of benzene rings is 1. The molecule has 0 bridgehead atoms. The Morgan fingerprint density at radius 1 is 1.56 bits per heavy atom. The molecule has 1 atom stereocenters. The number of carbonyl (C=O) groups is 1. The van der Waals surface area contributed by atoms with E-state index in [0.29, 0.717) is 18.8 Å². The minimum Gasteiger partial charge on any atom is -0.507 e. The van der Waals surface area contributed by atoms with Gasteiger partial charge in [-0.2, -0.15) is 0 Å². The van der Waals surface area contributed by atoms with Gasteiger partial charge in [-0.05, 0) is 24.6 Å². The van der Waals surface area contributed by atoms with Crippen LogP contribution in [0.4, 0.5) is 0 Å². The minimum atomic E-state index is -0.220. The lowest BCUT2D eigenvalue weighted by Gasteiger charge is -2.17. The van der Waals surface area contributed by atoms with Gasteiger partial charge < -0.3 is 19.8 Å². The molecular weight excluding hydrogens is 234 g/mol. The molecule has 1 aromatic rings. The number of hydrogen-bond acceptors (Lipinski definition) is 4. The predicted molar refractivity (Wildman–Crippen MR) is 65.8 cm³/mol. The molecule has 0 aromatic heterocycles. The van der Waals surface area contributed by atoms with Crippen LogP contribution in [0.1, 0.15) is 16.8 Å². The van der Waals surface area contributed by atoms with Crippen molar-refractivity contribution in [2.45, 2.75) is 6.42 Å². The first-order valence-corrected chi connectivity index (χ1v) is 5.93. The SMILES string of the molecule is COc1ccc(O)c(C(=O)N2CCC(CO)C2)c1. The van der Waals surface area contributed by atoms with E-state index in [-0.39, 0.29) is 29.7 Å². The van der Waals surface area contributed by atoms with Crippen molar-refractivity contribution in [2.24, 2.45) is 5.92 Å². The summed E-state index contributed by atoms with van der Waals surface area (Å²) in [7, 11) is 1.51. The molecule has 2 N–H and O–H groups in total. The molecule has 18 heavy (non-hydrogen) atoms. The Morgan fingerprint density at radius 2 is 2.33 bits per heavy atom. The van der Waals surface area contributed by atoms with E-state index in [9.17, 15) is 9.90 Å². The van der Waals surface area contributed by atoms with Crippen molar-refractivity contribution in [1.82, 2.24) is 4.90 Å². The van der Waals surface area contributed by atoms with Crippen LogP contribution in [-0.4, -0.2) is 47.8 Å². The van der Waals surface area contributed by atoms with Crippen molar-refractivity contribution in [3.05, 3.63) is 23.8 Å². The van der Waals surface area contributed by atoms with E-state index in [4.69, 9.17) is 9.84 Å². The number of aliphatic hydroxyl groups is 1. The maximum absolute atomic E-state index is 12.2. The number of aliphatic hydroxyl groups excluding tert-OH is 1. The van der Waals surface area contributed by atoms with Gasteiger partial charge in [0.1, 0.15) is 11.5 Å². The zero-order valence-corrected chi connectivity index (χ0v) is 10.3. The fourth-order valence-electron chi connectivity index (χ4n) is 2.15. The summed E-state index contributed by atoms with van der Waals surface area (Å²) in [5, 5.41) is 18.8. The average molecular weight is 251 g/mol. The van der Waals surface area contributed by atoms with Crippen LogP contribution in [0.15, 0.2) is 18.2 Å². The van der Waals surface area contributed by atoms with Gasteiger partial charge in [0.05, 0.1) is 12.7 Å². The van der Waals surface area contributed by atoms with Crippen molar-refractivity contribution in [3.8, 4) is 11.5 Å². The summed E-state index contributed by atoms with van der Waals surface area (Å²) in [5.41, 5.74) is 0.243. The van der Waals surface area contributed by atoms with Gasteiger partial charge in [0.2, 0.25) is 0 Å². The molecule has 1 amide bonds. The second kappa shape index (κ2) is 5.27. The van der Waals surface area contributed by atoms with E-state index in [1.54, 1.807) is 11.0 Å². The van der Waals surface area contributed by atoms with Gasteiger partial charge in [-0.15, -0.1) is 0 Å². The fourth-order valence-corrected chi connectivity index (χ4v) is 2.15. The largest absolute Gasteiger partial charge is 0.507 e. The number of methoxy groups -OCH3 is 1. The Hall–Kier alpha value is -1.75. The molecule has 0 spiro atoms. The summed E-state index contributed by atoms with van der Waals surface area (Å²) in [6.07, 6.45) is 0.799. The minimum absolute atomic E-state index is 0.0479. The second-order valence-corrected chi connectivity index (χ2v) is 4.47. The molecule has 1 aliphatic rings. The maximum Gasteiger partial charge on any atom is 0.257 e. The number of likely N-dealkylation sites (tertiary alicyclic amines) is 1. The number of carbonyl (C=O) groups excluding carboxylic acids is 1. The molecule has 5 nitrogen and oxygen atoms in total. The van der Waals surface area contributed by atoms with Crippen LogP contribution >= 0.6 is 0 Å². The Balaban J connectivity index is 2.18. The lowest BCUT2D eigenvalue weighted by atomic mass is 10.1. The Morgan fingerprint density at radius 3 is 2.94 bits per heavy atom.